The van der Waals surface area contributed by atoms with Gasteiger partial charge in [0.25, 0.3) is 0 Å². The van der Waals surface area contributed by atoms with Crippen molar-refractivity contribution in [2.75, 3.05) is 6.54 Å². The molecule has 0 fully saturated rings. The van der Waals surface area contributed by atoms with Crippen molar-refractivity contribution in [3.63, 3.8) is 0 Å². The number of nitriles is 1. The van der Waals surface area contributed by atoms with Crippen LogP contribution in [0, 0.1) is 11.5 Å². The first-order valence-electron chi connectivity index (χ1n) is 10.7. The largest absolute Gasteiger partial charge is 0.504 e. The zero-order chi connectivity index (χ0) is 23.5. The molecule has 1 N–H and O–H groups in total. The first-order valence-corrected chi connectivity index (χ1v) is 11.1. The highest BCUT2D eigenvalue weighted by Crippen LogP contribution is 2.38. The second kappa shape index (κ2) is 9.38. The third-order valence-electron chi connectivity index (χ3n) is 5.31. The van der Waals surface area contributed by atoms with Crippen LogP contribution in [0.15, 0.2) is 42.9 Å². The Labute approximate surface area is 196 Å². The molecule has 0 aliphatic carbocycles. The Morgan fingerprint density at radius 2 is 2.09 bits per heavy atom. The summed E-state index contributed by atoms with van der Waals surface area (Å²) in [5.74, 6) is 0.545. The number of pyridine rings is 2. The van der Waals surface area contributed by atoms with E-state index in [4.69, 9.17) is 16.3 Å². The molecule has 5 heterocycles. The van der Waals surface area contributed by atoms with Crippen LogP contribution in [0.5, 0.6) is 11.5 Å². The van der Waals surface area contributed by atoms with Crippen molar-refractivity contribution in [1.82, 2.24) is 29.3 Å². The van der Waals surface area contributed by atoms with Crippen molar-refractivity contribution in [2.24, 2.45) is 0 Å². The van der Waals surface area contributed by atoms with Crippen molar-refractivity contribution in [3.8, 4) is 28.9 Å². The highest BCUT2D eigenvalue weighted by Gasteiger charge is 2.26. The van der Waals surface area contributed by atoms with Crippen LogP contribution < -0.4 is 4.74 Å². The lowest BCUT2D eigenvalue weighted by Gasteiger charge is -2.21. The maximum absolute atomic E-state index is 10.8. The fraction of sp³-hybridized carbons (Fsp3) is 0.304. The van der Waals surface area contributed by atoms with E-state index in [0.717, 1.165) is 5.69 Å². The minimum absolute atomic E-state index is 0.0428. The number of rotatable bonds is 4. The molecule has 4 aromatic heterocycles. The summed E-state index contributed by atoms with van der Waals surface area (Å²) in [5.41, 5.74) is 3.02. The number of ether oxygens (including phenoxy) is 1. The monoisotopic (exact) mass is 465 g/mol. The van der Waals surface area contributed by atoms with E-state index in [1.807, 2.05) is 39.0 Å². The van der Waals surface area contributed by atoms with Crippen molar-refractivity contribution in [1.29, 1.82) is 5.26 Å². The molecule has 170 valence electrons. The maximum atomic E-state index is 10.8. The van der Waals surface area contributed by atoms with E-state index >= 15 is 0 Å². The Hall–Kier alpha value is -3.77. The van der Waals surface area contributed by atoms with Gasteiger partial charge in [-0.3, -0.25) is 9.67 Å². The van der Waals surface area contributed by atoms with Gasteiger partial charge in [0, 0.05) is 24.5 Å². The molecule has 1 aliphatic rings. The zero-order valence-electron chi connectivity index (χ0n) is 18.6. The van der Waals surface area contributed by atoms with E-state index < -0.39 is 0 Å². The minimum Gasteiger partial charge on any atom is -0.504 e. The summed E-state index contributed by atoms with van der Waals surface area (Å²) in [6, 6.07) is 7.43. The SMILES string of the molecule is CC.CC(Oc1cc(-c2nn3c(c2O)CN(C#N)CC3)cn2ncc(Cl)c12)c1ccccn1. The zero-order valence-corrected chi connectivity index (χ0v) is 19.4. The van der Waals surface area contributed by atoms with Crippen LogP contribution in [0.4, 0.5) is 0 Å². The molecule has 0 saturated carbocycles. The molecular weight excluding hydrogens is 442 g/mol. The lowest BCUT2D eigenvalue weighted by atomic mass is 10.1. The quantitative estimate of drug-likeness (QED) is 0.445. The van der Waals surface area contributed by atoms with Gasteiger partial charge in [0.05, 0.1) is 30.0 Å². The molecular formula is C23H24ClN7O2. The number of fused-ring (bicyclic) bond motifs is 2. The van der Waals surface area contributed by atoms with Crippen LogP contribution in [0.2, 0.25) is 5.02 Å². The fourth-order valence-corrected chi connectivity index (χ4v) is 3.94. The molecule has 5 rings (SSSR count). The van der Waals surface area contributed by atoms with Gasteiger partial charge in [0.2, 0.25) is 0 Å². The second-order valence-electron chi connectivity index (χ2n) is 7.28. The molecule has 0 saturated heterocycles. The van der Waals surface area contributed by atoms with Gasteiger partial charge in [-0.1, -0.05) is 31.5 Å². The molecule has 33 heavy (non-hydrogen) atoms. The molecule has 10 heteroatoms. The first-order chi connectivity index (χ1) is 16.0. The Morgan fingerprint density at radius 1 is 1.27 bits per heavy atom. The van der Waals surface area contributed by atoms with Gasteiger partial charge >= 0.3 is 0 Å². The summed E-state index contributed by atoms with van der Waals surface area (Å²) in [4.78, 5) is 5.94. The van der Waals surface area contributed by atoms with Crippen LogP contribution >= 0.6 is 11.6 Å². The molecule has 4 aromatic rings. The van der Waals surface area contributed by atoms with Gasteiger partial charge in [0.15, 0.2) is 11.9 Å². The molecule has 1 unspecified atom stereocenters. The van der Waals surface area contributed by atoms with E-state index in [9.17, 15) is 10.4 Å². The Balaban J connectivity index is 0.00000126. The van der Waals surface area contributed by atoms with Crippen molar-refractivity contribution < 1.29 is 9.84 Å². The van der Waals surface area contributed by atoms with Crippen LogP contribution in [0.3, 0.4) is 0 Å². The number of hydrogen-bond donors (Lipinski definition) is 1. The van der Waals surface area contributed by atoms with Gasteiger partial charge in [-0.05, 0) is 25.1 Å². The molecule has 9 nitrogen and oxygen atoms in total. The van der Waals surface area contributed by atoms with Crippen LogP contribution in [0.25, 0.3) is 16.8 Å². The van der Waals surface area contributed by atoms with Gasteiger partial charge in [-0.15, -0.1) is 0 Å². The second-order valence-corrected chi connectivity index (χ2v) is 7.69. The van der Waals surface area contributed by atoms with E-state index in [1.165, 1.54) is 0 Å². The molecule has 0 spiro atoms. The molecule has 0 aromatic carbocycles. The van der Waals surface area contributed by atoms with Crippen LogP contribution in [0.1, 0.15) is 38.3 Å². The smallest absolute Gasteiger partial charge is 0.179 e. The Kier molecular flexibility index (Phi) is 6.38. The molecule has 0 radical (unpaired) electrons. The first kappa shape index (κ1) is 22.4. The summed E-state index contributed by atoms with van der Waals surface area (Å²) in [6.07, 6.45) is 6.79. The lowest BCUT2D eigenvalue weighted by molar-refractivity contribution is 0.224. The third kappa shape index (κ3) is 4.17. The summed E-state index contributed by atoms with van der Waals surface area (Å²) in [6.45, 7) is 7.28. The van der Waals surface area contributed by atoms with Crippen LogP contribution in [-0.4, -0.2) is 40.9 Å². The summed E-state index contributed by atoms with van der Waals surface area (Å²) >= 11 is 6.37. The highest BCUT2D eigenvalue weighted by molar-refractivity contribution is 6.34. The molecule has 0 bridgehead atoms. The van der Waals surface area contributed by atoms with E-state index in [-0.39, 0.29) is 11.9 Å². The minimum atomic E-state index is -0.334. The van der Waals surface area contributed by atoms with Gasteiger partial charge in [-0.2, -0.15) is 15.5 Å². The number of aromatic nitrogens is 5. The predicted octanol–water partition coefficient (Wildman–Crippen LogP) is 4.41. The summed E-state index contributed by atoms with van der Waals surface area (Å²) < 4.78 is 9.56. The number of nitrogens with zero attached hydrogens (tertiary/aromatic N) is 7. The van der Waals surface area contributed by atoms with Crippen molar-refractivity contribution in [2.45, 2.75) is 40.0 Å². The van der Waals surface area contributed by atoms with Gasteiger partial charge < -0.3 is 14.7 Å². The highest BCUT2D eigenvalue weighted by atomic mass is 35.5. The summed E-state index contributed by atoms with van der Waals surface area (Å²) in [7, 11) is 0. The van der Waals surface area contributed by atoms with E-state index in [0.29, 0.717) is 52.9 Å². The topological polar surface area (TPSA) is 104 Å². The van der Waals surface area contributed by atoms with E-state index in [2.05, 4.69) is 21.4 Å². The lowest BCUT2D eigenvalue weighted by Crippen LogP contribution is -2.30. The third-order valence-corrected chi connectivity index (χ3v) is 5.58. The molecule has 1 aliphatic heterocycles. The number of halogens is 1. The molecule has 0 amide bonds. The standard InChI is InChI=1S/C21H18ClN7O2.C2H6/c1-13(16-4-2-3-5-24-16)31-18-8-14(10-29-20(18)15(22)9-25-29)19-21(30)17-11-27(12-23)6-7-28(17)26-19;1-2/h2-5,8-10,13,30H,6-7,11H2,1H3;1-2H3. The van der Waals surface area contributed by atoms with Gasteiger partial charge in [-0.25, -0.2) is 4.52 Å². The number of hydrogen-bond acceptors (Lipinski definition) is 7. The van der Waals surface area contributed by atoms with Crippen LogP contribution in [-0.2, 0) is 13.1 Å². The normalized spacial score (nSPS) is 13.6. The predicted molar refractivity (Wildman–Crippen MR) is 124 cm³/mol. The maximum Gasteiger partial charge on any atom is 0.179 e. The Bertz CT molecular complexity index is 1310. The average Bonchev–Trinajstić information content (AvgIpc) is 3.40. The van der Waals surface area contributed by atoms with Crippen molar-refractivity contribution in [3.05, 3.63) is 59.3 Å². The van der Waals surface area contributed by atoms with Crippen molar-refractivity contribution >= 4 is 17.1 Å². The molecule has 1 atom stereocenters. The average molecular weight is 466 g/mol. The Morgan fingerprint density at radius 3 is 2.82 bits per heavy atom. The fourth-order valence-electron chi connectivity index (χ4n) is 3.72. The summed E-state index contributed by atoms with van der Waals surface area (Å²) in [5, 5.41) is 29.4. The van der Waals surface area contributed by atoms with Gasteiger partial charge in [0.1, 0.15) is 28.8 Å². The van der Waals surface area contributed by atoms with E-state index in [1.54, 1.807) is 38.8 Å². The number of aromatic hydroxyl groups is 1.